The van der Waals surface area contributed by atoms with Gasteiger partial charge in [0.2, 0.25) is 5.90 Å². The van der Waals surface area contributed by atoms with Crippen molar-refractivity contribution in [3.63, 3.8) is 0 Å². The van der Waals surface area contributed by atoms with Crippen LogP contribution in [-0.4, -0.2) is 26.2 Å². The van der Waals surface area contributed by atoms with E-state index < -0.39 is 0 Å². The van der Waals surface area contributed by atoms with Gasteiger partial charge >= 0.3 is 0 Å². The molecule has 0 spiro atoms. The number of ether oxygens (including phenoxy) is 2. The van der Waals surface area contributed by atoms with E-state index in [1.54, 1.807) is 7.11 Å². The quantitative estimate of drug-likeness (QED) is 0.812. The largest absolute Gasteiger partial charge is 0.496 e. The molecule has 2 rings (SSSR count). The first kappa shape index (κ1) is 9.52. The summed E-state index contributed by atoms with van der Waals surface area (Å²) in [7, 11) is 1.64. The molecule has 74 valence electrons. The summed E-state index contributed by atoms with van der Waals surface area (Å²) in [4.78, 5) is 4.24. The van der Waals surface area contributed by atoms with Crippen LogP contribution in [-0.2, 0) is 4.74 Å². The summed E-state index contributed by atoms with van der Waals surface area (Å²) in [6, 6.07) is 5.79. The molecule has 1 aliphatic heterocycles. The third kappa shape index (κ3) is 1.75. The summed E-state index contributed by atoms with van der Waals surface area (Å²) < 4.78 is 11.6. The van der Waals surface area contributed by atoms with Crippen LogP contribution < -0.4 is 4.74 Å². The number of halogens is 1. The molecule has 14 heavy (non-hydrogen) atoms. The standard InChI is InChI=1S/C10H10BrNO2/c1-13-9-6-7(11)2-3-8(9)10-12-4-5-14-10/h2-3,6H,4-5H2,1H3. The van der Waals surface area contributed by atoms with Crippen molar-refractivity contribution in [1.82, 2.24) is 0 Å². The summed E-state index contributed by atoms with van der Waals surface area (Å²) in [6.45, 7) is 1.39. The van der Waals surface area contributed by atoms with Crippen molar-refractivity contribution in [3.8, 4) is 5.75 Å². The van der Waals surface area contributed by atoms with Crippen molar-refractivity contribution in [2.24, 2.45) is 4.99 Å². The fraction of sp³-hybridized carbons (Fsp3) is 0.300. The van der Waals surface area contributed by atoms with Crippen LogP contribution in [0.15, 0.2) is 27.7 Å². The van der Waals surface area contributed by atoms with Crippen LogP contribution in [0.2, 0.25) is 0 Å². The zero-order valence-corrected chi connectivity index (χ0v) is 9.37. The third-order valence-corrected chi connectivity index (χ3v) is 2.47. The van der Waals surface area contributed by atoms with Crippen LogP contribution >= 0.6 is 15.9 Å². The second-order valence-electron chi connectivity index (χ2n) is 2.88. The first-order valence-electron chi connectivity index (χ1n) is 4.32. The van der Waals surface area contributed by atoms with E-state index in [2.05, 4.69) is 20.9 Å². The lowest BCUT2D eigenvalue weighted by atomic mass is 10.2. The van der Waals surface area contributed by atoms with Gasteiger partial charge < -0.3 is 9.47 Å². The maximum Gasteiger partial charge on any atom is 0.220 e. The van der Waals surface area contributed by atoms with Crippen LogP contribution in [0.4, 0.5) is 0 Å². The van der Waals surface area contributed by atoms with Crippen molar-refractivity contribution >= 4 is 21.8 Å². The molecule has 0 saturated heterocycles. The van der Waals surface area contributed by atoms with Gasteiger partial charge in [-0.2, -0.15) is 0 Å². The predicted octanol–water partition coefficient (Wildman–Crippen LogP) is 2.23. The molecule has 0 amide bonds. The second-order valence-corrected chi connectivity index (χ2v) is 3.80. The van der Waals surface area contributed by atoms with Gasteiger partial charge in [-0.3, -0.25) is 0 Å². The smallest absolute Gasteiger partial charge is 0.220 e. The minimum atomic E-state index is 0.661. The average molecular weight is 256 g/mol. The number of nitrogens with zero attached hydrogens (tertiary/aromatic N) is 1. The Labute approximate surface area is 90.9 Å². The maximum absolute atomic E-state index is 5.38. The molecule has 0 aromatic heterocycles. The highest BCUT2D eigenvalue weighted by molar-refractivity contribution is 9.10. The Bertz CT molecular complexity index is 376. The molecular weight excluding hydrogens is 246 g/mol. The topological polar surface area (TPSA) is 30.8 Å². The molecule has 0 atom stereocenters. The number of benzene rings is 1. The Morgan fingerprint density at radius 1 is 1.50 bits per heavy atom. The van der Waals surface area contributed by atoms with Crippen molar-refractivity contribution in [1.29, 1.82) is 0 Å². The van der Waals surface area contributed by atoms with E-state index >= 15 is 0 Å². The van der Waals surface area contributed by atoms with Gasteiger partial charge in [0, 0.05) is 4.47 Å². The lowest BCUT2D eigenvalue weighted by molar-refractivity contribution is 0.345. The normalized spacial score (nSPS) is 14.9. The number of rotatable bonds is 2. The van der Waals surface area contributed by atoms with Gasteiger partial charge in [-0.15, -0.1) is 0 Å². The molecule has 0 N–H and O–H groups in total. The van der Waals surface area contributed by atoms with E-state index in [0.717, 1.165) is 22.3 Å². The number of hydrogen-bond donors (Lipinski definition) is 0. The van der Waals surface area contributed by atoms with Crippen molar-refractivity contribution in [2.45, 2.75) is 0 Å². The summed E-state index contributed by atoms with van der Waals surface area (Å²) in [5, 5.41) is 0. The molecule has 1 aromatic carbocycles. The number of methoxy groups -OCH3 is 1. The van der Waals surface area contributed by atoms with Gasteiger partial charge in [0.05, 0.1) is 19.2 Å². The van der Waals surface area contributed by atoms with Crippen LogP contribution in [0.3, 0.4) is 0 Å². The van der Waals surface area contributed by atoms with Crippen LogP contribution in [0, 0.1) is 0 Å². The predicted molar refractivity (Wildman–Crippen MR) is 58.1 cm³/mol. The van der Waals surface area contributed by atoms with E-state index in [9.17, 15) is 0 Å². The molecule has 4 heteroatoms. The SMILES string of the molecule is COc1cc(Br)ccc1C1=NCCO1. The Morgan fingerprint density at radius 2 is 2.36 bits per heavy atom. The fourth-order valence-corrected chi connectivity index (χ4v) is 1.68. The van der Waals surface area contributed by atoms with Gasteiger partial charge in [-0.05, 0) is 18.2 Å². The van der Waals surface area contributed by atoms with Gasteiger partial charge in [-0.1, -0.05) is 15.9 Å². The minimum absolute atomic E-state index is 0.661. The van der Waals surface area contributed by atoms with Gasteiger partial charge in [-0.25, -0.2) is 4.99 Å². The average Bonchev–Trinajstić information content (AvgIpc) is 2.70. The zero-order valence-electron chi connectivity index (χ0n) is 7.79. The molecule has 3 nitrogen and oxygen atoms in total. The lowest BCUT2D eigenvalue weighted by Gasteiger charge is -2.08. The highest BCUT2D eigenvalue weighted by Gasteiger charge is 2.15. The molecule has 1 aliphatic rings. The Kier molecular flexibility index (Phi) is 2.72. The van der Waals surface area contributed by atoms with Crippen LogP contribution in [0.5, 0.6) is 5.75 Å². The maximum atomic E-state index is 5.38. The molecule has 0 aliphatic carbocycles. The van der Waals surface area contributed by atoms with Crippen molar-refractivity contribution < 1.29 is 9.47 Å². The van der Waals surface area contributed by atoms with E-state index in [-0.39, 0.29) is 0 Å². The summed E-state index contributed by atoms with van der Waals surface area (Å²) >= 11 is 3.38. The number of aliphatic imine (C=N–C) groups is 1. The molecule has 1 heterocycles. The summed E-state index contributed by atoms with van der Waals surface area (Å²) in [5.74, 6) is 1.45. The zero-order chi connectivity index (χ0) is 9.97. The molecule has 0 fully saturated rings. The first-order chi connectivity index (χ1) is 6.81. The summed E-state index contributed by atoms with van der Waals surface area (Å²) in [5.41, 5.74) is 0.910. The van der Waals surface area contributed by atoms with Crippen LogP contribution in [0.1, 0.15) is 5.56 Å². The lowest BCUT2D eigenvalue weighted by Crippen LogP contribution is -2.03. The summed E-state index contributed by atoms with van der Waals surface area (Å²) in [6.07, 6.45) is 0. The van der Waals surface area contributed by atoms with E-state index in [0.29, 0.717) is 12.5 Å². The molecule has 0 radical (unpaired) electrons. The molecule has 1 aromatic rings. The molecule has 0 saturated carbocycles. The minimum Gasteiger partial charge on any atom is -0.496 e. The Hall–Kier alpha value is -1.03. The van der Waals surface area contributed by atoms with Crippen LogP contribution in [0.25, 0.3) is 0 Å². The van der Waals surface area contributed by atoms with Crippen molar-refractivity contribution in [2.75, 3.05) is 20.3 Å². The highest BCUT2D eigenvalue weighted by atomic mass is 79.9. The Balaban J connectivity index is 2.41. The van der Waals surface area contributed by atoms with Crippen molar-refractivity contribution in [3.05, 3.63) is 28.2 Å². The number of hydrogen-bond acceptors (Lipinski definition) is 3. The van der Waals surface area contributed by atoms with E-state index in [1.807, 2.05) is 18.2 Å². The Morgan fingerprint density at radius 3 is 3.00 bits per heavy atom. The van der Waals surface area contributed by atoms with E-state index in [4.69, 9.17) is 9.47 Å². The second kappa shape index (κ2) is 4.00. The third-order valence-electron chi connectivity index (χ3n) is 1.98. The van der Waals surface area contributed by atoms with E-state index in [1.165, 1.54) is 0 Å². The molecule has 0 bridgehead atoms. The molecule has 0 unspecified atom stereocenters. The van der Waals surface area contributed by atoms with Gasteiger partial charge in [0.25, 0.3) is 0 Å². The fourth-order valence-electron chi connectivity index (χ4n) is 1.34. The highest BCUT2D eigenvalue weighted by Crippen LogP contribution is 2.25. The monoisotopic (exact) mass is 255 g/mol. The van der Waals surface area contributed by atoms with Gasteiger partial charge in [0.15, 0.2) is 0 Å². The van der Waals surface area contributed by atoms with Gasteiger partial charge in [0.1, 0.15) is 12.4 Å². The first-order valence-corrected chi connectivity index (χ1v) is 5.12. The molecular formula is C10H10BrNO2.